The normalized spacial score (nSPS) is 19.3. The lowest BCUT2D eigenvalue weighted by Gasteiger charge is -2.41. The van der Waals surface area contributed by atoms with Crippen molar-refractivity contribution >= 4 is 49.3 Å². The smallest absolute Gasteiger partial charge is 0.387 e. The second-order valence-electron chi connectivity index (χ2n) is 13.3. The van der Waals surface area contributed by atoms with Crippen LogP contribution in [0.3, 0.4) is 0 Å². The summed E-state index contributed by atoms with van der Waals surface area (Å²) in [5.74, 6) is -16.2. The van der Waals surface area contributed by atoms with Gasteiger partial charge in [0.25, 0.3) is 5.91 Å². The minimum Gasteiger partial charge on any atom is -0.479 e. The van der Waals surface area contributed by atoms with Crippen LogP contribution in [0, 0.1) is 5.92 Å². The molecule has 57 heavy (non-hydrogen) atoms. The molecule has 4 rings (SSSR count). The number of carbonyl (C=O) groups excluding carboxylic acids is 4. The molecule has 4 amide bonds. The van der Waals surface area contributed by atoms with Crippen molar-refractivity contribution in [3.05, 3.63) is 59.7 Å². The molecule has 0 bridgehead atoms. The van der Waals surface area contributed by atoms with Crippen LogP contribution in [0.2, 0.25) is 0 Å². The third-order valence-corrected chi connectivity index (χ3v) is 12.6. The van der Waals surface area contributed by atoms with Gasteiger partial charge >= 0.3 is 25.2 Å². The fourth-order valence-corrected chi connectivity index (χ4v) is 10.3. The third kappa shape index (κ3) is 11.3. The summed E-state index contributed by atoms with van der Waals surface area (Å²) < 4.78 is 123. The maximum absolute atomic E-state index is 14.5. The lowest BCUT2D eigenvalue weighted by Crippen LogP contribution is -2.72. The molecule has 23 heteroatoms. The van der Waals surface area contributed by atoms with E-state index in [1.54, 1.807) is 0 Å². The number of carboxylic acids is 1. The Morgan fingerprint density at radius 3 is 1.89 bits per heavy atom. The number of ketones is 1. The van der Waals surface area contributed by atoms with Crippen molar-refractivity contribution < 1.29 is 77.7 Å². The van der Waals surface area contributed by atoms with Crippen molar-refractivity contribution in [1.82, 2.24) is 15.5 Å². The van der Waals surface area contributed by atoms with Crippen LogP contribution in [-0.2, 0) is 55.1 Å². The first-order chi connectivity index (χ1) is 26.7. The van der Waals surface area contributed by atoms with Crippen molar-refractivity contribution in [2.24, 2.45) is 11.7 Å². The summed E-state index contributed by atoms with van der Waals surface area (Å²) in [5, 5.41) is 15.1. The number of hydrogen-bond acceptors (Lipinski definition) is 12. The summed E-state index contributed by atoms with van der Waals surface area (Å²) in [7, 11) is -10.0. The number of urea groups is 1. The molecule has 0 spiro atoms. The van der Waals surface area contributed by atoms with Gasteiger partial charge in [-0.2, -0.15) is 17.6 Å². The molecule has 3 atom stereocenters. The number of para-hydroxylation sites is 2. The molecule has 314 valence electrons. The average molecular weight is 853 g/mol. The van der Waals surface area contributed by atoms with E-state index in [0.717, 1.165) is 29.2 Å². The van der Waals surface area contributed by atoms with Crippen LogP contribution in [0.15, 0.2) is 48.5 Å². The molecule has 2 fully saturated rings. The molecule has 1 heterocycles. The third-order valence-electron chi connectivity index (χ3n) is 9.36. The number of halogens is 4. The Hall–Kier alpha value is -5.03. The zero-order valence-corrected chi connectivity index (χ0v) is 31.7. The minimum absolute atomic E-state index is 0.0612. The zero-order chi connectivity index (χ0) is 42.2. The Morgan fingerprint density at radius 2 is 1.40 bits per heavy atom. The standard InChI is InChI=1S/C34H40F4N4O13S2/c35-30(36)54-24-9-3-1-7-21(24)17-56(49,50)19-23(27(44)40-33(28(39)45)12-6-5-11-26(33)43)34(29(46)47,41-32(48)42-13-15-53-16-14-42)20-57(51,52)18-22-8-2-4-10-25(22)55-31(37)38/h1-4,7-10,23,30-31H,5-6,11-20H2,(H2,39,45)(H,40,44)(H,41,48)(H,46,47). The van der Waals surface area contributed by atoms with Gasteiger partial charge in [0.05, 0.1) is 42.1 Å². The van der Waals surface area contributed by atoms with E-state index < -0.39 is 132 Å². The Labute approximate surface area is 324 Å². The highest BCUT2D eigenvalue weighted by molar-refractivity contribution is 7.91. The highest BCUT2D eigenvalue weighted by Crippen LogP contribution is 2.32. The predicted octanol–water partition coefficient (Wildman–Crippen LogP) is 1.38. The Morgan fingerprint density at radius 1 is 0.877 bits per heavy atom. The fraction of sp³-hybridized carbons (Fsp3) is 0.500. The molecule has 3 unspecified atom stereocenters. The number of hydrogen-bond donors (Lipinski definition) is 4. The summed E-state index contributed by atoms with van der Waals surface area (Å²) in [4.78, 5) is 69.0. The molecular weight excluding hydrogens is 813 g/mol. The molecule has 0 radical (unpaired) electrons. The number of ether oxygens (including phenoxy) is 3. The number of rotatable bonds is 18. The van der Waals surface area contributed by atoms with Crippen molar-refractivity contribution in [1.29, 1.82) is 0 Å². The van der Waals surface area contributed by atoms with E-state index in [-0.39, 0.29) is 45.6 Å². The van der Waals surface area contributed by atoms with E-state index in [0.29, 0.717) is 0 Å². The molecule has 2 aliphatic rings. The second-order valence-corrected chi connectivity index (χ2v) is 17.5. The highest BCUT2D eigenvalue weighted by Gasteiger charge is 2.58. The molecule has 1 aliphatic heterocycles. The van der Waals surface area contributed by atoms with Gasteiger partial charge in [-0.15, -0.1) is 0 Å². The zero-order valence-electron chi connectivity index (χ0n) is 30.0. The second kappa shape index (κ2) is 18.5. The first kappa shape index (κ1) is 44.7. The van der Waals surface area contributed by atoms with Crippen molar-refractivity contribution in [3.63, 3.8) is 0 Å². The predicted molar refractivity (Wildman–Crippen MR) is 189 cm³/mol. The van der Waals surface area contributed by atoms with Crippen molar-refractivity contribution in [3.8, 4) is 11.5 Å². The Kier molecular flexibility index (Phi) is 14.5. The molecule has 1 aliphatic carbocycles. The highest BCUT2D eigenvalue weighted by atomic mass is 32.2. The monoisotopic (exact) mass is 852 g/mol. The van der Waals surface area contributed by atoms with Crippen LogP contribution in [0.5, 0.6) is 11.5 Å². The fourth-order valence-electron chi connectivity index (χ4n) is 6.60. The van der Waals surface area contributed by atoms with Gasteiger partial charge in [0.1, 0.15) is 11.5 Å². The van der Waals surface area contributed by atoms with Gasteiger partial charge in [-0.05, 0) is 31.4 Å². The van der Waals surface area contributed by atoms with Crippen molar-refractivity contribution in [2.45, 2.75) is 61.5 Å². The number of morpholine rings is 1. The number of nitrogens with two attached hydrogens (primary N) is 1. The van der Waals surface area contributed by atoms with Crippen molar-refractivity contribution in [2.75, 3.05) is 37.8 Å². The minimum atomic E-state index is -5.06. The average Bonchev–Trinajstić information content (AvgIpc) is 3.12. The van der Waals surface area contributed by atoms with E-state index in [2.05, 4.69) is 14.8 Å². The summed E-state index contributed by atoms with van der Waals surface area (Å²) >= 11 is 0. The van der Waals surface area contributed by atoms with Gasteiger partial charge in [-0.25, -0.2) is 26.4 Å². The lowest BCUT2D eigenvalue weighted by atomic mass is 9.78. The van der Waals surface area contributed by atoms with Crippen LogP contribution >= 0.6 is 0 Å². The van der Waals surface area contributed by atoms with E-state index in [1.807, 2.05) is 5.32 Å². The van der Waals surface area contributed by atoms with Gasteiger partial charge in [-0.1, -0.05) is 36.4 Å². The first-order valence-electron chi connectivity index (χ1n) is 17.2. The van der Waals surface area contributed by atoms with Gasteiger partial charge in [-0.3, -0.25) is 14.4 Å². The number of sulfone groups is 2. The van der Waals surface area contributed by atoms with Crippen LogP contribution in [-0.4, -0.2) is 119 Å². The maximum Gasteiger partial charge on any atom is 0.387 e. The summed E-state index contributed by atoms with van der Waals surface area (Å²) in [6.45, 7) is -7.32. The van der Waals surface area contributed by atoms with Gasteiger partial charge < -0.3 is 40.6 Å². The number of aliphatic carboxylic acids is 1. The van der Waals surface area contributed by atoms with E-state index in [9.17, 15) is 63.5 Å². The number of amides is 4. The number of benzene rings is 2. The SMILES string of the molecule is NC(=O)C1(NC(=O)C(CS(=O)(=O)Cc2ccccc2OC(F)F)C(CS(=O)(=O)Cc2ccccc2OC(F)F)(NC(=O)N2CCOCC2)C(=O)O)CCCCC1=O. The van der Waals surface area contributed by atoms with Crippen LogP contribution in [0.25, 0.3) is 0 Å². The molecule has 17 nitrogen and oxygen atoms in total. The largest absolute Gasteiger partial charge is 0.479 e. The number of nitrogens with zero attached hydrogens (tertiary/aromatic N) is 1. The Bertz CT molecular complexity index is 2050. The number of alkyl halides is 4. The molecule has 1 saturated carbocycles. The number of Topliss-reactive ketones (excluding diaryl/α,β-unsaturated/α-hetero) is 1. The van der Waals surface area contributed by atoms with E-state index in [1.165, 1.54) is 24.3 Å². The number of primary amides is 1. The van der Waals surface area contributed by atoms with Crippen LogP contribution in [0.4, 0.5) is 22.4 Å². The molecule has 2 aromatic carbocycles. The molecule has 0 aromatic heterocycles. The van der Waals surface area contributed by atoms with Crippen LogP contribution < -0.4 is 25.8 Å². The summed E-state index contributed by atoms with van der Waals surface area (Å²) in [6, 6.07) is 7.78. The molecule has 1 saturated heterocycles. The Balaban J connectivity index is 1.92. The molecule has 2 aromatic rings. The summed E-state index contributed by atoms with van der Waals surface area (Å²) in [6.07, 6.45) is -0.319. The maximum atomic E-state index is 14.5. The molecule has 5 N–H and O–H groups in total. The lowest BCUT2D eigenvalue weighted by molar-refractivity contribution is -0.150. The quantitative estimate of drug-likeness (QED) is 0.122. The topological polar surface area (TPSA) is 255 Å². The van der Waals surface area contributed by atoms with E-state index >= 15 is 0 Å². The number of carboxylic acid groups (broad SMARTS) is 1. The van der Waals surface area contributed by atoms with Gasteiger partial charge in [0.15, 0.2) is 36.5 Å². The first-order valence-corrected chi connectivity index (χ1v) is 20.8. The van der Waals surface area contributed by atoms with Gasteiger partial charge in [0, 0.05) is 30.6 Å². The van der Waals surface area contributed by atoms with Gasteiger partial charge in [0.2, 0.25) is 5.91 Å². The summed E-state index contributed by atoms with van der Waals surface area (Å²) in [5.41, 5.74) is -1.24. The van der Waals surface area contributed by atoms with Crippen LogP contribution in [0.1, 0.15) is 36.8 Å². The number of nitrogens with one attached hydrogen (secondary N) is 2. The number of carbonyl (C=O) groups is 5. The van der Waals surface area contributed by atoms with E-state index in [4.69, 9.17) is 10.5 Å². The molecular formula is C34H40F4N4O13S2.